The minimum absolute atomic E-state index is 0.0611. The summed E-state index contributed by atoms with van der Waals surface area (Å²) in [5.74, 6) is -1.85. The van der Waals surface area contributed by atoms with Crippen molar-refractivity contribution in [2.24, 2.45) is 7.05 Å². The monoisotopic (exact) mass is 442 g/mol. The lowest BCUT2D eigenvalue weighted by Crippen LogP contribution is -2.42. The fourth-order valence-corrected chi connectivity index (χ4v) is 3.01. The first-order chi connectivity index (χ1) is 12.4. The van der Waals surface area contributed by atoms with Gasteiger partial charge in [0.25, 0.3) is 5.91 Å². The number of rotatable bonds is 4. The number of aromatic nitrogens is 2. The Kier molecular flexibility index (Phi) is 6.28. The summed E-state index contributed by atoms with van der Waals surface area (Å²) in [6, 6.07) is 1.50. The molecule has 0 bridgehead atoms. The summed E-state index contributed by atoms with van der Waals surface area (Å²) in [5, 5.41) is 8.18. The molecule has 0 spiro atoms. The molecule has 2 amide bonds. The smallest absolute Gasteiger partial charge is 0.340 e. The Labute approximate surface area is 166 Å². The zero-order chi connectivity index (χ0) is 20.5. The standard InChI is InChI=1S/C15H12Cl3F3N4O2/c1-6(13(26)23-11-9(17)3-7(16)4-10(11)18)22-14(27)8-5-25(2)24-12(8)15(19,20)21/h3-6H,1-2H3,(H,22,27)(H,23,26). The Morgan fingerprint density at radius 1 is 1.19 bits per heavy atom. The molecule has 1 unspecified atom stereocenters. The van der Waals surface area contributed by atoms with E-state index in [1.807, 2.05) is 0 Å². The number of aryl methyl sites for hydroxylation is 1. The van der Waals surface area contributed by atoms with Crippen LogP contribution in [0.25, 0.3) is 0 Å². The molecule has 6 nitrogen and oxygen atoms in total. The molecule has 1 heterocycles. The number of benzene rings is 1. The topological polar surface area (TPSA) is 76.0 Å². The second-order valence-corrected chi connectivity index (χ2v) is 6.74. The van der Waals surface area contributed by atoms with E-state index in [0.29, 0.717) is 0 Å². The molecule has 2 N–H and O–H groups in total. The third-order valence-electron chi connectivity index (χ3n) is 3.34. The van der Waals surface area contributed by atoms with Gasteiger partial charge in [0.05, 0.1) is 21.3 Å². The van der Waals surface area contributed by atoms with Crippen LogP contribution in [0.1, 0.15) is 23.0 Å². The summed E-state index contributed by atoms with van der Waals surface area (Å²) in [6.45, 7) is 1.29. The number of halogens is 6. The zero-order valence-corrected chi connectivity index (χ0v) is 16.1. The molecule has 0 aliphatic heterocycles. The van der Waals surface area contributed by atoms with E-state index in [1.165, 1.54) is 26.1 Å². The average Bonchev–Trinajstić information content (AvgIpc) is 2.92. The second kappa shape index (κ2) is 7.95. The van der Waals surface area contributed by atoms with Crippen molar-refractivity contribution < 1.29 is 22.8 Å². The van der Waals surface area contributed by atoms with E-state index in [2.05, 4.69) is 15.7 Å². The maximum atomic E-state index is 13.0. The Bertz CT molecular complexity index is 876. The Morgan fingerprint density at radius 3 is 2.26 bits per heavy atom. The van der Waals surface area contributed by atoms with Crippen LogP contribution in [0.2, 0.25) is 15.1 Å². The molecule has 0 fully saturated rings. The minimum atomic E-state index is -4.82. The van der Waals surface area contributed by atoms with Crippen molar-refractivity contribution in [3.8, 4) is 0 Å². The van der Waals surface area contributed by atoms with Crippen molar-refractivity contribution >= 4 is 52.3 Å². The fourth-order valence-electron chi connectivity index (χ4n) is 2.10. The first-order valence-electron chi connectivity index (χ1n) is 7.27. The first kappa shape index (κ1) is 21.3. The van der Waals surface area contributed by atoms with E-state index < -0.39 is 35.3 Å². The maximum absolute atomic E-state index is 13.0. The van der Waals surface area contributed by atoms with Gasteiger partial charge < -0.3 is 10.6 Å². The van der Waals surface area contributed by atoms with Gasteiger partial charge in [-0.2, -0.15) is 18.3 Å². The van der Waals surface area contributed by atoms with E-state index in [9.17, 15) is 22.8 Å². The summed E-state index contributed by atoms with van der Waals surface area (Å²) >= 11 is 17.7. The van der Waals surface area contributed by atoms with Gasteiger partial charge in [-0.15, -0.1) is 0 Å². The van der Waals surface area contributed by atoms with E-state index in [4.69, 9.17) is 34.8 Å². The number of amides is 2. The van der Waals surface area contributed by atoms with Crippen LogP contribution in [0.5, 0.6) is 0 Å². The molecule has 0 aliphatic rings. The number of carbonyl (C=O) groups excluding carboxylic acids is 2. The Morgan fingerprint density at radius 2 is 1.74 bits per heavy atom. The van der Waals surface area contributed by atoms with Gasteiger partial charge in [-0.25, -0.2) is 0 Å². The van der Waals surface area contributed by atoms with Crippen molar-refractivity contribution in [2.75, 3.05) is 5.32 Å². The van der Waals surface area contributed by atoms with Gasteiger partial charge in [0.1, 0.15) is 6.04 Å². The normalized spacial score (nSPS) is 12.6. The zero-order valence-electron chi connectivity index (χ0n) is 13.8. The van der Waals surface area contributed by atoms with Gasteiger partial charge in [0.15, 0.2) is 5.69 Å². The SMILES string of the molecule is CC(NC(=O)c1cn(C)nc1C(F)(F)F)C(=O)Nc1c(Cl)cc(Cl)cc1Cl. The van der Waals surface area contributed by atoms with E-state index >= 15 is 0 Å². The largest absolute Gasteiger partial charge is 0.435 e. The quantitative estimate of drug-likeness (QED) is 0.745. The predicted molar refractivity (Wildman–Crippen MR) is 95.2 cm³/mol. The second-order valence-electron chi connectivity index (χ2n) is 5.49. The highest BCUT2D eigenvalue weighted by atomic mass is 35.5. The summed E-state index contributed by atoms with van der Waals surface area (Å²) in [6.07, 6.45) is -3.90. The number of hydrogen-bond acceptors (Lipinski definition) is 3. The molecular weight excluding hydrogens is 432 g/mol. The average molecular weight is 444 g/mol. The summed E-state index contributed by atoms with van der Waals surface area (Å²) in [4.78, 5) is 24.4. The van der Waals surface area contributed by atoms with Crippen molar-refractivity contribution in [2.45, 2.75) is 19.1 Å². The molecule has 0 aliphatic carbocycles. The number of alkyl halides is 3. The third-order valence-corrected chi connectivity index (χ3v) is 4.15. The van der Waals surface area contributed by atoms with Crippen LogP contribution in [0.3, 0.4) is 0 Å². The molecule has 0 saturated carbocycles. The van der Waals surface area contributed by atoms with Crippen molar-refractivity contribution in [1.29, 1.82) is 0 Å². The number of hydrogen-bond donors (Lipinski definition) is 2. The van der Waals surface area contributed by atoms with Crippen LogP contribution in [0, 0.1) is 0 Å². The molecule has 2 rings (SSSR count). The minimum Gasteiger partial charge on any atom is -0.340 e. The fraction of sp³-hybridized carbons (Fsp3) is 0.267. The number of nitrogens with one attached hydrogen (secondary N) is 2. The Balaban J connectivity index is 2.15. The van der Waals surface area contributed by atoms with Gasteiger partial charge in [-0.1, -0.05) is 34.8 Å². The maximum Gasteiger partial charge on any atom is 0.435 e. The van der Waals surface area contributed by atoms with Crippen LogP contribution >= 0.6 is 34.8 Å². The number of anilines is 1. The summed E-state index contributed by atoms with van der Waals surface area (Å²) in [5.41, 5.74) is -1.99. The molecule has 1 aromatic heterocycles. The first-order valence-corrected chi connectivity index (χ1v) is 8.40. The van der Waals surface area contributed by atoms with Crippen molar-refractivity contribution in [3.63, 3.8) is 0 Å². The highest BCUT2D eigenvalue weighted by molar-refractivity contribution is 6.42. The van der Waals surface area contributed by atoms with E-state index in [1.54, 1.807) is 0 Å². The van der Waals surface area contributed by atoms with Crippen LogP contribution in [0.4, 0.5) is 18.9 Å². The summed E-state index contributed by atoms with van der Waals surface area (Å²) < 4.78 is 39.7. The van der Waals surface area contributed by atoms with Crippen LogP contribution < -0.4 is 10.6 Å². The molecule has 1 atom stereocenters. The Hall–Kier alpha value is -1.97. The summed E-state index contributed by atoms with van der Waals surface area (Å²) in [7, 11) is 1.24. The predicted octanol–water partition coefficient (Wildman–Crippen LogP) is 4.16. The van der Waals surface area contributed by atoms with Gasteiger partial charge in [0.2, 0.25) is 5.91 Å². The van der Waals surface area contributed by atoms with Gasteiger partial charge in [-0.3, -0.25) is 14.3 Å². The lowest BCUT2D eigenvalue weighted by Gasteiger charge is -2.16. The molecule has 0 saturated heterocycles. The lowest BCUT2D eigenvalue weighted by molar-refractivity contribution is -0.141. The van der Waals surface area contributed by atoms with E-state index in [-0.39, 0.29) is 20.8 Å². The molecule has 146 valence electrons. The third kappa shape index (κ3) is 5.06. The van der Waals surface area contributed by atoms with E-state index in [0.717, 1.165) is 10.9 Å². The number of carbonyl (C=O) groups is 2. The lowest BCUT2D eigenvalue weighted by atomic mass is 10.2. The van der Waals surface area contributed by atoms with Gasteiger partial charge >= 0.3 is 6.18 Å². The molecular formula is C15H12Cl3F3N4O2. The molecule has 0 radical (unpaired) electrons. The number of nitrogens with zero attached hydrogens (tertiary/aromatic N) is 2. The molecule has 1 aromatic carbocycles. The van der Waals surface area contributed by atoms with Crippen LogP contribution in [0.15, 0.2) is 18.3 Å². The van der Waals surface area contributed by atoms with Crippen molar-refractivity contribution in [1.82, 2.24) is 15.1 Å². The van der Waals surface area contributed by atoms with Crippen LogP contribution in [-0.2, 0) is 18.0 Å². The molecule has 27 heavy (non-hydrogen) atoms. The molecule has 2 aromatic rings. The highest BCUT2D eigenvalue weighted by Crippen LogP contribution is 2.34. The van der Waals surface area contributed by atoms with Gasteiger partial charge in [0, 0.05) is 18.3 Å². The highest BCUT2D eigenvalue weighted by Gasteiger charge is 2.39. The van der Waals surface area contributed by atoms with Crippen LogP contribution in [-0.4, -0.2) is 27.6 Å². The van der Waals surface area contributed by atoms with Crippen molar-refractivity contribution in [3.05, 3.63) is 44.7 Å². The van der Waals surface area contributed by atoms with Gasteiger partial charge in [-0.05, 0) is 19.1 Å². The molecule has 12 heteroatoms.